The molecule has 2 heterocycles. The molecule has 0 radical (unpaired) electrons. The van der Waals surface area contributed by atoms with Crippen LogP contribution in [0, 0.1) is 0 Å². The van der Waals surface area contributed by atoms with E-state index in [-0.39, 0.29) is 30.7 Å². The summed E-state index contributed by atoms with van der Waals surface area (Å²) in [6, 6.07) is 7.77. The first kappa shape index (κ1) is 16.6. The van der Waals surface area contributed by atoms with E-state index in [9.17, 15) is 14.4 Å². The van der Waals surface area contributed by atoms with Crippen LogP contribution in [0.25, 0.3) is 0 Å². The van der Waals surface area contributed by atoms with E-state index in [1.807, 2.05) is 24.3 Å². The van der Waals surface area contributed by atoms with Gasteiger partial charge in [-0.1, -0.05) is 30.0 Å². The second kappa shape index (κ2) is 7.09. The van der Waals surface area contributed by atoms with Gasteiger partial charge in [-0.3, -0.25) is 14.5 Å². The van der Waals surface area contributed by atoms with E-state index in [2.05, 4.69) is 0 Å². The highest BCUT2D eigenvalue weighted by molar-refractivity contribution is 8.04. The SMILES string of the molecule is CCOC(=O)/C=C1\SCC(=O)N1CC(=O)N1CCc2ccccc21. The van der Waals surface area contributed by atoms with Gasteiger partial charge in [0.2, 0.25) is 11.8 Å². The Kier molecular flexibility index (Phi) is 4.89. The van der Waals surface area contributed by atoms with Crippen LogP contribution in [0.5, 0.6) is 0 Å². The first-order valence-electron chi connectivity index (χ1n) is 7.80. The minimum atomic E-state index is -0.501. The molecule has 1 aromatic carbocycles. The van der Waals surface area contributed by atoms with Crippen LogP contribution in [-0.2, 0) is 25.5 Å². The average Bonchev–Trinajstić information content (AvgIpc) is 3.13. The number of benzene rings is 1. The van der Waals surface area contributed by atoms with Gasteiger partial charge in [0, 0.05) is 12.2 Å². The minimum Gasteiger partial charge on any atom is -0.463 e. The lowest BCUT2D eigenvalue weighted by atomic mass is 10.2. The summed E-state index contributed by atoms with van der Waals surface area (Å²) in [5.41, 5.74) is 2.04. The molecule has 7 heteroatoms. The second-order valence-electron chi connectivity index (χ2n) is 5.43. The maximum atomic E-state index is 12.6. The van der Waals surface area contributed by atoms with Crippen molar-refractivity contribution in [3.05, 3.63) is 40.9 Å². The molecular weight excluding hydrogens is 328 g/mol. The third-order valence-electron chi connectivity index (χ3n) is 3.92. The van der Waals surface area contributed by atoms with Crippen LogP contribution in [0.1, 0.15) is 12.5 Å². The van der Waals surface area contributed by atoms with Crippen molar-refractivity contribution in [3.63, 3.8) is 0 Å². The molecular formula is C17H18N2O4S. The summed E-state index contributed by atoms with van der Waals surface area (Å²) in [5, 5.41) is 0.472. The van der Waals surface area contributed by atoms with Crippen LogP contribution in [0.4, 0.5) is 5.69 Å². The molecule has 24 heavy (non-hydrogen) atoms. The van der Waals surface area contributed by atoms with E-state index in [1.165, 1.54) is 22.7 Å². The molecule has 0 N–H and O–H groups in total. The van der Waals surface area contributed by atoms with Crippen LogP contribution in [0.3, 0.4) is 0 Å². The van der Waals surface area contributed by atoms with Crippen molar-refractivity contribution in [2.75, 3.05) is 30.3 Å². The number of esters is 1. The first-order chi connectivity index (χ1) is 11.6. The highest BCUT2D eigenvalue weighted by Gasteiger charge is 2.32. The zero-order valence-electron chi connectivity index (χ0n) is 13.4. The van der Waals surface area contributed by atoms with Crippen LogP contribution in [-0.4, -0.2) is 48.1 Å². The fourth-order valence-corrected chi connectivity index (χ4v) is 3.73. The number of para-hydroxylation sites is 1. The smallest absolute Gasteiger partial charge is 0.333 e. The number of hydrogen-bond donors (Lipinski definition) is 0. The van der Waals surface area contributed by atoms with E-state index >= 15 is 0 Å². The van der Waals surface area contributed by atoms with Gasteiger partial charge < -0.3 is 9.64 Å². The monoisotopic (exact) mass is 346 g/mol. The van der Waals surface area contributed by atoms with E-state index in [0.29, 0.717) is 11.6 Å². The summed E-state index contributed by atoms with van der Waals surface area (Å²) in [6.45, 7) is 2.54. The molecule has 2 aliphatic heterocycles. The lowest BCUT2D eigenvalue weighted by Gasteiger charge is -2.22. The van der Waals surface area contributed by atoms with E-state index < -0.39 is 5.97 Å². The lowest BCUT2D eigenvalue weighted by molar-refractivity contribution is -0.137. The number of fused-ring (bicyclic) bond motifs is 1. The molecule has 2 aliphatic rings. The first-order valence-corrected chi connectivity index (χ1v) is 8.78. The third-order valence-corrected chi connectivity index (χ3v) is 4.95. The third kappa shape index (κ3) is 3.31. The number of carbonyl (C=O) groups excluding carboxylic acids is 3. The summed E-state index contributed by atoms with van der Waals surface area (Å²) in [6.07, 6.45) is 2.10. The highest BCUT2D eigenvalue weighted by atomic mass is 32.2. The Morgan fingerprint density at radius 1 is 1.33 bits per heavy atom. The predicted molar refractivity (Wildman–Crippen MR) is 91.4 cm³/mol. The molecule has 2 amide bonds. The standard InChI is InChI=1S/C17H18N2O4S/c1-2-23-17(22)9-16-19(15(21)11-24-16)10-14(20)18-8-7-12-5-3-4-6-13(12)18/h3-6,9H,2,7-8,10-11H2,1H3/b16-9-. The maximum absolute atomic E-state index is 12.6. The van der Waals surface area contributed by atoms with Gasteiger partial charge in [-0.2, -0.15) is 0 Å². The lowest BCUT2D eigenvalue weighted by Crippen LogP contribution is -2.40. The Hall–Kier alpha value is -2.28. The molecule has 0 aliphatic carbocycles. The number of rotatable bonds is 4. The Labute approximate surface area is 144 Å². The number of carbonyl (C=O) groups is 3. The van der Waals surface area contributed by atoms with Crippen LogP contribution in [0.2, 0.25) is 0 Å². The Bertz CT molecular complexity index is 716. The normalized spacial score (nSPS) is 18.2. The molecule has 0 bridgehead atoms. The van der Waals surface area contributed by atoms with Gasteiger partial charge in [0.05, 0.1) is 23.5 Å². The van der Waals surface area contributed by atoms with Crippen molar-refractivity contribution in [3.8, 4) is 0 Å². The fraction of sp³-hybridized carbons (Fsp3) is 0.353. The summed E-state index contributed by atoms with van der Waals surface area (Å²) >= 11 is 1.25. The molecule has 0 unspecified atom stereocenters. The summed E-state index contributed by atoms with van der Waals surface area (Å²) in [5.74, 6) is -0.588. The van der Waals surface area contributed by atoms with Gasteiger partial charge in [-0.05, 0) is 25.0 Å². The Morgan fingerprint density at radius 2 is 2.12 bits per heavy atom. The van der Waals surface area contributed by atoms with Crippen molar-refractivity contribution in [1.29, 1.82) is 0 Å². The minimum absolute atomic E-state index is 0.0641. The quantitative estimate of drug-likeness (QED) is 0.611. The number of anilines is 1. The molecule has 1 saturated heterocycles. The van der Waals surface area contributed by atoms with Gasteiger partial charge in [0.1, 0.15) is 6.54 Å². The van der Waals surface area contributed by atoms with Crippen molar-refractivity contribution in [2.24, 2.45) is 0 Å². The summed E-state index contributed by atoms with van der Waals surface area (Å²) in [4.78, 5) is 39.4. The molecule has 0 spiro atoms. The number of nitrogens with zero attached hydrogens (tertiary/aromatic N) is 2. The largest absolute Gasteiger partial charge is 0.463 e. The Balaban J connectivity index is 1.73. The van der Waals surface area contributed by atoms with Crippen LogP contribution in [0.15, 0.2) is 35.4 Å². The van der Waals surface area contributed by atoms with Gasteiger partial charge in [-0.25, -0.2) is 4.79 Å². The van der Waals surface area contributed by atoms with E-state index in [0.717, 1.165) is 17.7 Å². The molecule has 0 aromatic heterocycles. The predicted octanol–water partition coefficient (Wildman–Crippen LogP) is 1.56. The van der Waals surface area contributed by atoms with Crippen LogP contribution >= 0.6 is 11.8 Å². The van der Waals surface area contributed by atoms with Crippen LogP contribution < -0.4 is 4.90 Å². The van der Waals surface area contributed by atoms with E-state index in [4.69, 9.17) is 4.74 Å². The molecule has 1 fully saturated rings. The molecule has 3 rings (SSSR count). The highest BCUT2D eigenvalue weighted by Crippen LogP contribution is 2.31. The maximum Gasteiger partial charge on any atom is 0.333 e. The Morgan fingerprint density at radius 3 is 2.92 bits per heavy atom. The zero-order chi connectivity index (χ0) is 17.1. The van der Waals surface area contributed by atoms with Gasteiger partial charge in [0.15, 0.2) is 0 Å². The number of amides is 2. The van der Waals surface area contributed by atoms with Crippen molar-refractivity contribution in [2.45, 2.75) is 13.3 Å². The topological polar surface area (TPSA) is 66.9 Å². The van der Waals surface area contributed by atoms with Crippen molar-refractivity contribution < 1.29 is 19.1 Å². The van der Waals surface area contributed by atoms with Gasteiger partial charge in [-0.15, -0.1) is 0 Å². The summed E-state index contributed by atoms with van der Waals surface area (Å²) in [7, 11) is 0. The molecule has 1 aromatic rings. The number of ether oxygens (including phenoxy) is 1. The molecule has 0 saturated carbocycles. The molecule has 0 atom stereocenters. The second-order valence-corrected chi connectivity index (χ2v) is 6.42. The van der Waals surface area contributed by atoms with Gasteiger partial charge >= 0.3 is 5.97 Å². The molecule has 6 nitrogen and oxygen atoms in total. The average molecular weight is 346 g/mol. The van der Waals surface area contributed by atoms with Crippen molar-refractivity contribution in [1.82, 2.24) is 4.90 Å². The van der Waals surface area contributed by atoms with E-state index in [1.54, 1.807) is 11.8 Å². The zero-order valence-corrected chi connectivity index (χ0v) is 14.2. The number of hydrogen-bond acceptors (Lipinski definition) is 5. The molecule has 126 valence electrons. The number of thioether (sulfide) groups is 1. The summed E-state index contributed by atoms with van der Waals surface area (Å²) < 4.78 is 4.88. The van der Waals surface area contributed by atoms with Crippen molar-refractivity contribution >= 4 is 35.2 Å². The van der Waals surface area contributed by atoms with Gasteiger partial charge in [0.25, 0.3) is 0 Å². The fourth-order valence-electron chi connectivity index (χ4n) is 2.80.